The van der Waals surface area contributed by atoms with E-state index in [1.54, 1.807) is 0 Å². The molecular formula is C12H14O. The van der Waals surface area contributed by atoms with Crippen LogP contribution in [0.2, 0.25) is 0 Å². The van der Waals surface area contributed by atoms with Crippen molar-refractivity contribution in [2.45, 2.75) is 19.3 Å². The van der Waals surface area contributed by atoms with Gasteiger partial charge in [0.15, 0.2) is 0 Å². The molecule has 1 heteroatoms. The summed E-state index contributed by atoms with van der Waals surface area (Å²) in [5, 5.41) is 0. The summed E-state index contributed by atoms with van der Waals surface area (Å²) in [6, 6.07) is 10.00. The van der Waals surface area contributed by atoms with Gasteiger partial charge in [0.1, 0.15) is 6.29 Å². The highest BCUT2D eigenvalue weighted by Crippen LogP contribution is 2.24. The van der Waals surface area contributed by atoms with Crippen LogP contribution in [-0.4, -0.2) is 6.29 Å². The van der Waals surface area contributed by atoms with Crippen molar-refractivity contribution in [2.75, 3.05) is 0 Å². The third-order valence-corrected chi connectivity index (χ3v) is 2.21. The molecule has 0 amide bonds. The van der Waals surface area contributed by atoms with E-state index in [1.165, 1.54) is 5.56 Å². The quantitative estimate of drug-likeness (QED) is 0.506. The zero-order valence-electron chi connectivity index (χ0n) is 7.86. The molecule has 0 saturated heterocycles. The Morgan fingerprint density at radius 1 is 1.46 bits per heavy atom. The standard InChI is InChI=1S/C12H14O/c1-3-12(10(2)9-13)11-7-5-4-6-8-11/h4-9,12H,2-3H2,1H3/t12-/m1/s1. The van der Waals surface area contributed by atoms with Gasteiger partial charge in [0.25, 0.3) is 0 Å². The maximum absolute atomic E-state index is 10.6. The number of hydrogen-bond acceptors (Lipinski definition) is 1. The van der Waals surface area contributed by atoms with Crippen LogP contribution in [0.5, 0.6) is 0 Å². The van der Waals surface area contributed by atoms with Crippen molar-refractivity contribution in [3.05, 3.63) is 48.0 Å². The molecule has 0 unspecified atom stereocenters. The molecule has 1 atom stereocenters. The summed E-state index contributed by atoms with van der Waals surface area (Å²) in [7, 11) is 0. The molecule has 0 bridgehead atoms. The molecule has 1 aromatic rings. The van der Waals surface area contributed by atoms with Gasteiger partial charge in [-0.1, -0.05) is 43.8 Å². The first kappa shape index (κ1) is 9.72. The number of aldehydes is 1. The zero-order valence-corrected chi connectivity index (χ0v) is 7.86. The van der Waals surface area contributed by atoms with Crippen molar-refractivity contribution in [3.63, 3.8) is 0 Å². The van der Waals surface area contributed by atoms with Crippen molar-refractivity contribution >= 4 is 6.29 Å². The van der Waals surface area contributed by atoms with Crippen LogP contribution < -0.4 is 0 Å². The van der Waals surface area contributed by atoms with Gasteiger partial charge in [0.05, 0.1) is 0 Å². The average Bonchev–Trinajstić information content (AvgIpc) is 2.20. The predicted octanol–water partition coefficient (Wildman–Crippen LogP) is 2.94. The Morgan fingerprint density at radius 2 is 2.08 bits per heavy atom. The van der Waals surface area contributed by atoms with Crippen LogP contribution in [0.25, 0.3) is 0 Å². The van der Waals surface area contributed by atoms with Crippen molar-refractivity contribution in [3.8, 4) is 0 Å². The fourth-order valence-corrected chi connectivity index (χ4v) is 1.48. The molecule has 0 N–H and O–H groups in total. The third kappa shape index (κ3) is 2.28. The van der Waals surface area contributed by atoms with E-state index in [9.17, 15) is 4.79 Å². The molecule has 0 fully saturated rings. The Hall–Kier alpha value is -1.37. The number of rotatable bonds is 4. The summed E-state index contributed by atoms with van der Waals surface area (Å²) in [6.45, 7) is 5.81. The normalized spacial score (nSPS) is 12.1. The smallest absolute Gasteiger partial charge is 0.146 e. The summed E-state index contributed by atoms with van der Waals surface area (Å²) in [5.41, 5.74) is 1.83. The molecule has 0 aliphatic rings. The minimum atomic E-state index is 0.179. The number of allylic oxidation sites excluding steroid dienone is 1. The summed E-state index contributed by atoms with van der Waals surface area (Å²) in [5.74, 6) is 0.179. The monoisotopic (exact) mass is 174 g/mol. The van der Waals surface area contributed by atoms with Crippen LogP contribution in [0.15, 0.2) is 42.5 Å². The van der Waals surface area contributed by atoms with E-state index in [0.29, 0.717) is 5.57 Å². The molecule has 0 spiro atoms. The van der Waals surface area contributed by atoms with E-state index in [1.807, 2.05) is 30.3 Å². The van der Waals surface area contributed by atoms with Gasteiger partial charge in [0.2, 0.25) is 0 Å². The van der Waals surface area contributed by atoms with Gasteiger partial charge in [-0.25, -0.2) is 0 Å². The topological polar surface area (TPSA) is 17.1 Å². The van der Waals surface area contributed by atoms with Gasteiger partial charge in [-0.15, -0.1) is 0 Å². The van der Waals surface area contributed by atoms with Crippen LogP contribution in [0.3, 0.4) is 0 Å². The molecule has 0 aliphatic carbocycles. The van der Waals surface area contributed by atoms with E-state index in [4.69, 9.17) is 0 Å². The summed E-state index contributed by atoms with van der Waals surface area (Å²) in [6.07, 6.45) is 1.77. The van der Waals surface area contributed by atoms with Gasteiger partial charge in [-0.2, -0.15) is 0 Å². The van der Waals surface area contributed by atoms with Crippen molar-refractivity contribution in [2.24, 2.45) is 0 Å². The Morgan fingerprint density at radius 3 is 2.54 bits per heavy atom. The SMILES string of the molecule is C=C(C=O)[C@@H](CC)c1ccccc1. The molecule has 0 radical (unpaired) electrons. The first-order valence-electron chi connectivity index (χ1n) is 4.48. The molecule has 68 valence electrons. The Kier molecular flexibility index (Phi) is 3.44. The molecule has 1 nitrogen and oxygen atoms in total. The number of hydrogen-bond donors (Lipinski definition) is 0. The lowest BCUT2D eigenvalue weighted by Crippen LogP contribution is -2.00. The van der Waals surface area contributed by atoms with E-state index in [2.05, 4.69) is 13.5 Å². The number of benzene rings is 1. The first-order valence-corrected chi connectivity index (χ1v) is 4.48. The van der Waals surface area contributed by atoms with Gasteiger partial charge in [0, 0.05) is 5.92 Å². The summed E-state index contributed by atoms with van der Waals surface area (Å²) in [4.78, 5) is 10.6. The van der Waals surface area contributed by atoms with Crippen LogP contribution in [-0.2, 0) is 4.79 Å². The molecule has 1 aromatic carbocycles. The first-order chi connectivity index (χ1) is 6.29. The molecule has 0 aliphatic heterocycles. The maximum Gasteiger partial charge on any atom is 0.146 e. The Labute approximate surface area is 79.1 Å². The molecule has 0 aromatic heterocycles. The Bertz CT molecular complexity index is 287. The summed E-state index contributed by atoms with van der Waals surface area (Å²) >= 11 is 0. The molecule has 0 saturated carbocycles. The Balaban J connectivity index is 2.91. The largest absolute Gasteiger partial charge is 0.298 e. The van der Waals surface area contributed by atoms with E-state index in [-0.39, 0.29) is 5.92 Å². The predicted molar refractivity (Wildman–Crippen MR) is 54.7 cm³/mol. The van der Waals surface area contributed by atoms with Crippen LogP contribution in [0, 0.1) is 0 Å². The highest BCUT2D eigenvalue weighted by Gasteiger charge is 2.11. The van der Waals surface area contributed by atoms with E-state index < -0.39 is 0 Å². The third-order valence-electron chi connectivity index (χ3n) is 2.21. The lowest BCUT2D eigenvalue weighted by atomic mass is 9.90. The highest BCUT2D eigenvalue weighted by molar-refractivity contribution is 5.74. The van der Waals surface area contributed by atoms with E-state index in [0.717, 1.165) is 12.7 Å². The minimum absolute atomic E-state index is 0.179. The van der Waals surface area contributed by atoms with Gasteiger partial charge < -0.3 is 0 Å². The molecule has 0 heterocycles. The molecule has 1 rings (SSSR count). The van der Waals surface area contributed by atoms with Gasteiger partial charge >= 0.3 is 0 Å². The lowest BCUT2D eigenvalue weighted by Gasteiger charge is -2.13. The average molecular weight is 174 g/mol. The molecular weight excluding hydrogens is 160 g/mol. The summed E-state index contributed by atoms with van der Waals surface area (Å²) < 4.78 is 0. The van der Waals surface area contributed by atoms with Crippen molar-refractivity contribution < 1.29 is 4.79 Å². The van der Waals surface area contributed by atoms with Crippen LogP contribution in [0.1, 0.15) is 24.8 Å². The molecule has 13 heavy (non-hydrogen) atoms. The number of carbonyl (C=O) groups is 1. The van der Waals surface area contributed by atoms with Gasteiger partial charge in [-0.3, -0.25) is 4.79 Å². The van der Waals surface area contributed by atoms with Crippen LogP contribution >= 0.6 is 0 Å². The van der Waals surface area contributed by atoms with E-state index >= 15 is 0 Å². The highest BCUT2D eigenvalue weighted by atomic mass is 16.1. The minimum Gasteiger partial charge on any atom is -0.298 e. The second-order valence-corrected chi connectivity index (χ2v) is 3.06. The fourth-order valence-electron chi connectivity index (χ4n) is 1.48. The van der Waals surface area contributed by atoms with Gasteiger partial charge in [-0.05, 0) is 17.6 Å². The van der Waals surface area contributed by atoms with Crippen molar-refractivity contribution in [1.29, 1.82) is 0 Å². The lowest BCUT2D eigenvalue weighted by molar-refractivity contribution is -0.105. The second-order valence-electron chi connectivity index (χ2n) is 3.06. The fraction of sp³-hybridized carbons (Fsp3) is 0.250. The zero-order chi connectivity index (χ0) is 9.68. The maximum atomic E-state index is 10.6. The second kappa shape index (κ2) is 4.61. The van der Waals surface area contributed by atoms with Crippen LogP contribution in [0.4, 0.5) is 0 Å². The van der Waals surface area contributed by atoms with Crippen molar-refractivity contribution in [1.82, 2.24) is 0 Å². The number of carbonyl (C=O) groups excluding carboxylic acids is 1.